The van der Waals surface area contributed by atoms with Gasteiger partial charge in [0.1, 0.15) is 11.4 Å². The molecule has 8 heteroatoms. The highest BCUT2D eigenvalue weighted by Gasteiger charge is 2.20. The molecule has 0 aliphatic rings. The average molecular weight is 387 g/mol. The van der Waals surface area contributed by atoms with Crippen LogP contribution < -0.4 is 10.1 Å². The summed E-state index contributed by atoms with van der Waals surface area (Å²) in [4.78, 5) is 12.7. The molecule has 3 rings (SSSR count). The van der Waals surface area contributed by atoms with E-state index >= 15 is 0 Å². The molecule has 0 bridgehead atoms. The van der Waals surface area contributed by atoms with E-state index < -0.39 is 0 Å². The lowest BCUT2D eigenvalue weighted by Crippen LogP contribution is -2.25. The molecule has 1 N–H and O–H groups in total. The van der Waals surface area contributed by atoms with Crippen LogP contribution in [0.25, 0.3) is 5.69 Å². The van der Waals surface area contributed by atoms with Crippen molar-refractivity contribution in [3.05, 3.63) is 70.5 Å². The van der Waals surface area contributed by atoms with Gasteiger partial charge in [0.05, 0.1) is 19.4 Å². The van der Waals surface area contributed by atoms with Crippen molar-refractivity contribution in [1.29, 1.82) is 0 Å². The Balaban J connectivity index is 1.83. The van der Waals surface area contributed by atoms with E-state index in [0.717, 1.165) is 11.3 Å². The Bertz CT molecular complexity index is 925. The Morgan fingerprint density at radius 2 is 1.89 bits per heavy atom. The molecular formula is C19H19ClN4O3. The smallest absolute Gasteiger partial charge is 0.274 e. The summed E-state index contributed by atoms with van der Waals surface area (Å²) >= 11 is 5.94. The van der Waals surface area contributed by atoms with Gasteiger partial charge >= 0.3 is 0 Å². The minimum atomic E-state index is -0.340. The van der Waals surface area contributed by atoms with Gasteiger partial charge in [-0.1, -0.05) is 35.0 Å². The van der Waals surface area contributed by atoms with Crippen LogP contribution in [0.4, 0.5) is 0 Å². The van der Waals surface area contributed by atoms with Crippen molar-refractivity contribution in [2.45, 2.75) is 13.2 Å². The molecule has 2 aromatic carbocycles. The summed E-state index contributed by atoms with van der Waals surface area (Å²) in [5.41, 5.74) is 2.37. The molecular weight excluding hydrogens is 368 g/mol. The summed E-state index contributed by atoms with van der Waals surface area (Å²) in [6, 6.07) is 14.6. The molecule has 27 heavy (non-hydrogen) atoms. The van der Waals surface area contributed by atoms with E-state index in [4.69, 9.17) is 21.1 Å². The topological polar surface area (TPSA) is 78.3 Å². The minimum absolute atomic E-state index is 0.188. The molecule has 0 unspecified atom stereocenters. The Hall–Kier alpha value is -2.90. The van der Waals surface area contributed by atoms with Gasteiger partial charge in [-0.25, -0.2) is 4.68 Å². The summed E-state index contributed by atoms with van der Waals surface area (Å²) in [6.07, 6.45) is 0. The number of methoxy groups -OCH3 is 2. The Morgan fingerprint density at radius 1 is 1.15 bits per heavy atom. The van der Waals surface area contributed by atoms with Crippen molar-refractivity contribution >= 4 is 17.5 Å². The molecule has 0 spiro atoms. The van der Waals surface area contributed by atoms with Crippen molar-refractivity contribution in [2.24, 2.45) is 0 Å². The van der Waals surface area contributed by atoms with Crippen molar-refractivity contribution in [2.75, 3.05) is 14.2 Å². The van der Waals surface area contributed by atoms with Gasteiger partial charge in [-0.05, 0) is 30.3 Å². The number of hydrogen-bond donors (Lipinski definition) is 1. The molecule has 0 fully saturated rings. The fourth-order valence-corrected chi connectivity index (χ4v) is 2.77. The fraction of sp³-hybridized carbons (Fsp3) is 0.211. The lowest BCUT2D eigenvalue weighted by Gasteiger charge is -2.10. The van der Waals surface area contributed by atoms with E-state index in [1.165, 1.54) is 0 Å². The maximum absolute atomic E-state index is 12.7. The van der Waals surface area contributed by atoms with Crippen molar-refractivity contribution in [3.63, 3.8) is 0 Å². The lowest BCUT2D eigenvalue weighted by atomic mass is 10.2. The van der Waals surface area contributed by atoms with Gasteiger partial charge in [-0.2, -0.15) is 0 Å². The zero-order valence-electron chi connectivity index (χ0n) is 15.0. The first-order chi connectivity index (χ1) is 13.1. The first-order valence-electron chi connectivity index (χ1n) is 8.23. The number of nitrogens with one attached hydrogen (secondary N) is 1. The quantitative estimate of drug-likeness (QED) is 0.675. The number of nitrogens with zero attached hydrogens (tertiary/aromatic N) is 3. The van der Waals surface area contributed by atoms with Crippen LogP contribution in [0.15, 0.2) is 48.5 Å². The SMILES string of the molecule is COCc1c(C(=O)NCc2ccccc2OC)nnn1-c1ccc(Cl)cc1. The summed E-state index contributed by atoms with van der Waals surface area (Å²) in [5.74, 6) is 0.368. The number of para-hydroxylation sites is 1. The number of amides is 1. The largest absolute Gasteiger partial charge is 0.496 e. The standard InChI is InChI=1S/C19H19ClN4O3/c1-26-12-16-18(22-23-24(16)15-9-7-14(20)8-10-15)19(25)21-11-13-5-3-4-6-17(13)27-2/h3-10H,11-12H2,1-2H3,(H,21,25). The van der Waals surface area contributed by atoms with Crippen LogP contribution in [-0.4, -0.2) is 35.1 Å². The molecule has 0 aliphatic carbocycles. The third-order valence-corrected chi connectivity index (χ3v) is 4.21. The van der Waals surface area contributed by atoms with Gasteiger partial charge in [-0.15, -0.1) is 5.10 Å². The summed E-state index contributed by atoms with van der Waals surface area (Å²) in [5, 5.41) is 11.6. The molecule has 1 heterocycles. The zero-order chi connectivity index (χ0) is 19.2. The van der Waals surface area contributed by atoms with E-state index in [0.29, 0.717) is 23.0 Å². The van der Waals surface area contributed by atoms with E-state index in [2.05, 4.69) is 15.6 Å². The van der Waals surface area contributed by atoms with Gasteiger partial charge in [0.15, 0.2) is 5.69 Å². The predicted octanol–water partition coefficient (Wildman–Crippen LogP) is 3.01. The molecule has 0 saturated heterocycles. The first kappa shape index (κ1) is 18.9. The van der Waals surface area contributed by atoms with Crippen LogP contribution in [0, 0.1) is 0 Å². The Morgan fingerprint density at radius 3 is 2.59 bits per heavy atom. The first-order valence-corrected chi connectivity index (χ1v) is 8.61. The van der Waals surface area contributed by atoms with Crippen LogP contribution >= 0.6 is 11.6 Å². The number of hydrogen-bond acceptors (Lipinski definition) is 5. The summed E-state index contributed by atoms with van der Waals surface area (Å²) in [7, 11) is 3.14. The number of halogens is 1. The number of carbonyl (C=O) groups excluding carboxylic acids is 1. The molecule has 7 nitrogen and oxygen atoms in total. The zero-order valence-corrected chi connectivity index (χ0v) is 15.7. The van der Waals surface area contributed by atoms with Crippen molar-refractivity contribution in [1.82, 2.24) is 20.3 Å². The van der Waals surface area contributed by atoms with Crippen LogP contribution in [0.3, 0.4) is 0 Å². The highest BCUT2D eigenvalue weighted by atomic mass is 35.5. The highest BCUT2D eigenvalue weighted by molar-refractivity contribution is 6.30. The normalized spacial score (nSPS) is 10.6. The van der Waals surface area contributed by atoms with E-state index in [1.54, 1.807) is 43.2 Å². The summed E-state index contributed by atoms with van der Waals surface area (Å²) < 4.78 is 12.1. The Labute approximate surface area is 161 Å². The van der Waals surface area contributed by atoms with E-state index in [1.807, 2.05) is 24.3 Å². The second-order valence-electron chi connectivity index (χ2n) is 5.70. The van der Waals surface area contributed by atoms with Crippen LogP contribution in [0.1, 0.15) is 21.7 Å². The second-order valence-corrected chi connectivity index (χ2v) is 6.14. The molecule has 0 radical (unpaired) electrons. The van der Waals surface area contributed by atoms with Crippen LogP contribution in [0.5, 0.6) is 5.75 Å². The average Bonchev–Trinajstić information content (AvgIpc) is 3.11. The number of ether oxygens (including phenoxy) is 2. The fourth-order valence-electron chi connectivity index (χ4n) is 2.64. The molecule has 140 valence electrons. The third kappa shape index (κ3) is 4.27. The predicted molar refractivity (Wildman–Crippen MR) is 101 cm³/mol. The number of aromatic nitrogens is 3. The number of benzene rings is 2. The van der Waals surface area contributed by atoms with Gasteiger partial charge in [0.2, 0.25) is 0 Å². The van der Waals surface area contributed by atoms with Gasteiger partial charge in [0, 0.05) is 24.2 Å². The van der Waals surface area contributed by atoms with Crippen molar-refractivity contribution < 1.29 is 14.3 Å². The molecule has 1 aromatic heterocycles. The number of carbonyl (C=O) groups is 1. The van der Waals surface area contributed by atoms with E-state index in [-0.39, 0.29) is 18.2 Å². The summed E-state index contributed by atoms with van der Waals surface area (Å²) in [6.45, 7) is 0.496. The lowest BCUT2D eigenvalue weighted by molar-refractivity contribution is 0.0940. The highest BCUT2D eigenvalue weighted by Crippen LogP contribution is 2.19. The van der Waals surface area contributed by atoms with Crippen LogP contribution in [-0.2, 0) is 17.9 Å². The number of rotatable bonds is 7. The maximum atomic E-state index is 12.7. The minimum Gasteiger partial charge on any atom is -0.496 e. The maximum Gasteiger partial charge on any atom is 0.274 e. The van der Waals surface area contributed by atoms with Gasteiger partial charge < -0.3 is 14.8 Å². The van der Waals surface area contributed by atoms with Crippen molar-refractivity contribution in [3.8, 4) is 11.4 Å². The van der Waals surface area contributed by atoms with E-state index in [9.17, 15) is 4.79 Å². The molecule has 0 saturated carbocycles. The molecule has 0 aliphatic heterocycles. The Kier molecular flexibility index (Phi) is 6.05. The molecule has 0 atom stereocenters. The monoisotopic (exact) mass is 386 g/mol. The van der Waals surface area contributed by atoms with Gasteiger partial charge in [0.25, 0.3) is 5.91 Å². The van der Waals surface area contributed by atoms with Gasteiger partial charge in [-0.3, -0.25) is 4.79 Å². The van der Waals surface area contributed by atoms with Crippen LogP contribution in [0.2, 0.25) is 5.02 Å². The molecule has 3 aromatic rings. The second kappa shape index (κ2) is 8.66. The molecule has 1 amide bonds. The third-order valence-electron chi connectivity index (χ3n) is 3.96.